The number of para-hydroxylation sites is 1. The molecule has 0 fully saturated rings. The minimum atomic E-state index is 0.211. The fraction of sp³-hybridized carbons (Fsp3) is 0.381. The molecule has 2 N–H and O–H groups in total. The molecule has 146 valence electrons. The van der Waals surface area contributed by atoms with Gasteiger partial charge in [-0.15, -0.1) is 10.2 Å². The molecule has 2 aromatic heterocycles. The predicted molar refractivity (Wildman–Crippen MR) is 110 cm³/mol. The third-order valence-corrected chi connectivity index (χ3v) is 4.83. The molecule has 0 aliphatic carbocycles. The minimum absolute atomic E-state index is 0.211. The summed E-state index contributed by atoms with van der Waals surface area (Å²) < 4.78 is 7.79. The molecule has 28 heavy (non-hydrogen) atoms. The van der Waals surface area contributed by atoms with E-state index < -0.39 is 0 Å². The maximum absolute atomic E-state index is 5.75. The lowest BCUT2D eigenvalue weighted by Crippen LogP contribution is -2.41. The largest absolute Gasteiger partial charge is 0.493 e. The zero-order chi connectivity index (χ0) is 19.2. The van der Waals surface area contributed by atoms with Crippen LogP contribution in [0.15, 0.2) is 53.7 Å². The van der Waals surface area contributed by atoms with Crippen molar-refractivity contribution in [2.24, 2.45) is 4.99 Å². The SMILES string of the molecule is CCNC(=NCCCc1nnc2ccccn12)NC1CCOc2ccccc21. The summed E-state index contributed by atoms with van der Waals surface area (Å²) in [5.74, 6) is 2.78. The molecule has 0 bridgehead atoms. The van der Waals surface area contributed by atoms with E-state index in [1.165, 1.54) is 5.56 Å². The molecule has 4 rings (SSSR count). The molecule has 0 saturated carbocycles. The number of hydrogen-bond acceptors (Lipinski definition) is 4. The van der Waals surface area contributed by atoms with Gasteiger partial charge in [0.05, 0.1) is 12.6 Å². The van der Waals surface area contributed by atoms with Gasteiger partial charge in [-0.2, -0.15) is 0 Å². The third-order valence-electron chi connectivity index (χ3n) is 4.83. The van der Waals surface area contributed by atoms with Crippen molar-refractivity contribution in [1.29, 1.82) is 0 Å². The van der Waals surface area contributed by atoms with Gasteiger partial charge in [0.25, 0.3) is 0 Å². The smallest absolute Gasteiger partial charge is 0.191 e. The van der Waals surface area contributed by atoms with E-state index in [-0.39, 0.29) is 6.04 Å². The second kappa shape index (κ2) is 8.73. The first kappa shape index (κ1) is 18.3. The number of benzene rings is 1. The number of hydrogen-bond donors (Lipinski definition) is 2. The van der Waals surface area contributed by atoms with E-state index in [9.17, 15) is 0 Å². The maximum Gasteiger partial charge on any atom is 0.191 e. The molecule has 0 amide bonds. The number of nitrogens with one attached hydrogen (secondary N) is 2. The van der Waals surface area contributed by atoms with Gasteiger partial charge >= 0.3 is 0 Å². The van der Waals surface area contributed by atoms with Crippen LogP contribution < -0.4 is 15.4 Å². The van der Waals surface area contributed by atoms with Crippen LogP contribution in [0.2, 0.25) is 0 Å². The summed E-state index contributed by atoms with van der Waals surface area (Å²) in [4.78, 5) is 4.76. The minimum Gasteiger partial charge on any atom is -0.493 e. The quantitative estimate of drug-likeness (QED) is 0.392. The highest BCUT2D eigenvalue weighted by Gasteiger charge is 2.21. The number of aliphatic imine (C=N–C) groups is 1. The van der Waals surface area contributed by atoms with E-state index in [4.69, 9.17) is 9.73 Å². The molecular formula is C21H26N6O. The summed E-state index contributed by atoms with van der Waals surface area (Å²) >= 11 is 0. The molecule has 1 aromatic carbocycles. The predicted octanol–water partition coefficient (Wildman–Crippen LogP) is 2.74. The molecule has 1 aliphatic heterocycles. The molecular weight excluding hydrogens is 352 g/mol. The average molecular weight is 378 g/mol. The van der Waals surface area contributed by atoms with E-state index in [0.717, 1.165) is 55.5 Å². The van der Waals surface area contributed by atoms with Crippen LogP contribution in [0.3, 0.4) is 0 Å². The van der Waals surface area contributed by atoms with Gasteiger partial charge in [-0.3, -0.25) is 9.39 Å². The van der Waals surface area contributed by atoms with Crippen molar-refractivity contribution in [2.45, 2.75) is 32.2 Å². The Morgan fingerprint density at radius 3 is 3.04 bits per heavy atom. The fourth-order valence-electron chi connectivity index (χ4n) is 3.47. The normalized spacial score (nSPS) is 16.5. The summed E-state index contributed by atoms with van der Waals surface area (Å²) in [6, 6.07) is 14.3. The van der Waals surface area contributed by atoms with Crippen molar-refractivity contribution in [3.8, 4) is 5.75 Å². The highest BCUT2D eigenvalue weighted by Crippen LogP contribution is 2.31. The zero-order valence-electron chi connectivity index (χ0n) is 16.1. The van der Waals surface area contributed by atoms with Crippen molar-refractivity contribution >= 4 is 11.6 Å². The lowest BCUT2D eigenvalue weighted by atomic mass is 10.0. The number of ether oxygens (including phenoxy) is 1. The highest BCUT2D eigenvalue weighted by atomic mass is 16.5. The van der Waals surface area contributed by atoms with Crippen LogP contribution in [0.25, 0.3) is 5.65 Å². The standard InChI is InChI=1S/C21H26N6O/c1-2-22-21(24-17-12-15-28-18-9-4-3-8-16(17)18)23-13-7-11-20-26-25-19-10-5-6-14-27(19)20/h3-6,8-10,14,17H,2,7,11-13,15H2,1H3,(H2,22,23,24). The van der Waals surface area contributed by atoms with E-state index in [0.29, 0.717) is 6.61 Å². The molecule has 7 heteroatoms. The number of pyridine rings is 1. The van der Waals surface area contributed by atoms with Gasteiger partial charge < -0.3 is 15.4 Å². The van der Waals surface area contributed by atoms with Gasteiger partial charge in [-0.05, 0) is 31.5 Å². The number of rotatable bonds is 6. The molecule has 1 unspecified atom stereocenters. The van der Waals surface area contributed by atoms with Crippen LogP contribution >= 0.6 is 0 Å². The van der Waals surface area contributed by atoms with Crippen LogP contribution in [-0.4, -0.2) is 40.3 Å². The zero-order valence-corrected chi connectivity index (χ0v) is 16.1. The lowest BCUT2D eigenvalue weighted by molar-refractivity contribution is 0.261. The van der Waals surface area contributed by atoms with Crippen LogP contribution in [0, 0.1) is 0 Å². The van der Waals surface area contributed by atoms with Crippen molar-refractivity contribution in [2.75, 3.05) is 19.7 Å². The number of fused-ring (bicyclic) bond motifs is 2. The molecule has 3 aromatic rings. The Kier molecular flexibility index (Phi) is 5.70. The highest BCUT2D eigenvalue weighted by molar-refractivity contribution is 5.80. The first-order valence-electron chi connectivity index (χ1n) is 9.90. The van der Waals surface area contributed by atoms with Crippen LogP contribution in [0.4, 0.5) is 0 Å². The van der Waals surface area contributed by atoms with Gasteiger partial charge in [0.15, 0.2) is 11.6 Å². The topological polar surface area (TPSA) is 75.8 Å². The molecule has 7 nitrogen and oxygen atoms in total. The summed E-state index contributed by atoms with van der Waals surface area (Å²) in [7, 11) is 0. The van der Waals surface area contributed by atoms with E-state index in [1.807, 2.05) is 40.9 Å². The van der Waals surface area contributed by atoms with Crippen molar-refractivity contribution in [3.63, 3.8) is 0 Å². The Hall–Kier alpha value is -3.09. The van der Waals surface area contributed by atoms with Crippen LogP contribution in [-0.2, 0) is 6.42 Å². The van der Waals surface area contributed by atoms with Gasteiger partial charge in [0.1, 0.15) is 11.6 Å². The number of guanidine groups is 1. The number of aryl methyl sites for hydroxylation is 1. The molecule has 3 heterocycles. The average Bonchev–Trinajstić information content (AvgIpc) is 3.15. The maximum atomic E-state index is 5.75. The second-order valence-corrected chi connectivity index (χ2v) is 6.78. The summed E-state index contributed by atoms with van der Waals surface area (Å²) in [6.07, 6.45) is 4.68. The molecule has 0 radical (unpaired) electrons. The lowest BCUT2D eigenvalue weighted by Gasteiger charge is -2.28. The van der Waals surface area contributed by atoms with Crippen molar-refractivity contribution in [3.05, 3.63) is 60.0 Å². The van der Waals surface area contributed by atoms with E-state index >= 15 is 0 Å². The van der Waals surface area contributed by atoms with E-state index in [2.05, 4.69) is 39.9 Å². The first-order chi connectivity index (χ1) is 13.8. The summed E-state index contributed by atoms with van der Waals surface area (Å²) in [5, 5.41) is 15.4. The van der Waals surface area contributed by atoms with Gasteiger partial charge in [0, 0.05) is 37.7 Å². The first-order valence-corrected chi connectivity index (χ1v) is 9.90. The second-order valence-electron chi connectivity index (χ2n) is 6.78. The van der Waals surface area contributed by atoms with Crippen LogP contribution in [0.5, 0.6) is 5.75 Å². The Morgan fingerprint density at radius 2 is 2.11 bits per heavy atom. The Bertz CT molecular complexity index is 951. The molecule has 1 atom stereocenters. The Labute approximate surface area is 164 Å². The molecule has 0 saturated heterocycles. The Morgan fingerprint density at radius 1 is 1.21 bits per heavy atom. The van der Waals surface area contributed by atoms with Gasteiger partial charge in [-0.1, -0.05) is 24.3 Å². The van der Waals surface area contributed by atoms with Crippen LogP contribution in [0.1, 0.15) is 37.2 Å². The van der Waals surface area contributed by atoms with Crippen molar-refractivity contribution in [1.82, 2.24) is 25.2 Å². The number of aromatic nitrogens is 3. The number of nitrogens with zero attached hydrogens (tertiary/aromatic N) is 4. The van der Waals surface area contributed by atoms with Gasteiger partial charge in [-0.25, -0.2) is 0 Å². The van der Waals surface area contributed by atoms with Gasteiger partial charge in [0.2, 0.25) is 0 Å². The van der Waals surface area contributed by atoms with E-state index in [1.54, 1.807) is 0 Å². The summed E-state index contributed by atoms with van der Waals surface area (Å²) in [5.41, 5.74) is 2.07. The molecule has 1 aliphatic rings. The Balaban J connectivity index is 1.37. The fourth-order valence-corrected chi connectivity index (χ4v) is 3.47. The summed E-state index contributed by atoms with van der Waals surface area (Å²) in [6.45, 7) is 4.35. The molecule has 0 spiro atoms. The third kappa shape index (κ3) is 4.08. The monoisotopic (exact) mass is 378 g/mol. The van der Waals surface area contributed by atoms with Crippen molar-refractivity contribution < 1.29 is 4.74 Å².